The fraction of sp³-hybridized carbons (Fsp3) is 0.833. The van der Waals surface area contributed by atoms with Crippen LogP contribution in [-0.2, 0) is 14.3 Å². The van der Waals surface area contributed by atoms with Crippen LogP contribution in [0, 0.1) is 0 Å². The van der Waals surface area contributed by atoms with E-state index in [0.29, 0.717) is 0 Å². The number of carbonyl (C=O) groups is 1. The van der Waals surface area contributed by atoms with Gasteiger partial charge < -0.3 is 9.47 Å². The molecular weight excluding hydrogens is 120 g/mol. The van der Waals surface area contributed by atoms with E-state index in [4.69, 9.17) is 4.74 Å². The van der Waals surface area contributed by atoms with Crippen LogP contribution in [0.2, 0.25) is 0 Å². The van der Waals surface area contributed by atoms with Crippen LogP contribution < -0.4 is 0 Å². The van der Waals surface area contributed by atoms with Gasteiger partial charge in [-0.1, -0.05) is 0 Å². The summed E-state index contributed by atoms with van der Waals surface area (Å²) in [5, 5.41) is 0. The normalized spacial score (nSPS) is 9.78. The molecule has 0 aromatic rings. The molecule has 3 nitrogen and oxygen atoms in total. The highest BCUT2D eigenvalue weighted by Crippen LogP contribution is 1.87. The molecule has 3 heteroatoms. The summed E-state index contributed by atoms with van der Waals surface area (Å²) >= 11 is 0. The molecule has 0 aliphatic carbocycles. The van der Waals surface area contributed by atoms with Crippen LogP contribution in [0.3, 0.4) is 0 Å². The molecule has 0 amide bonds. The molecule has 0 radical (unpaired) electrons. The number of hydrogen-bond donors (Lipinski definition) is 0. The van der Waals surface area contributed by atoms with E-state index in [0.717, 1.165) is 0 Å². The summed E-state index contributed by atoms with van der Waals surface area (Å²) in [7, 11) is 0. The van der Waals surface area contributed by atoms with Gasteiger partial charge in [-0.15, -0.1) is 0 Å². The molecule has 0 aliphatic heterocycles. The van der Waals surface area contributed by atoms with Crippen molar-refractivity contribution in [3.63, 3.8) is 0 Å². The maximum Gasteiger partial charge on any atom is 0.304 e. The van der Waals surface area contributed by atoms with Crippen LogP contribution in [0.1, 0.15) is 20.8 Å². The fourth-order valence-electron chi connectivity index (χ4n) is 0.253. The molecular formula is C6H12O3. The second-order valence-electron chi connectivity index (χ2n) is 1.97. The van der Waals surface area contributed by atoms with Gasteiger partial charge in [-0.05, 0) is 13.8 Å². The van der Waals surface area contributed by atoms with Gasteiger partial charge in [0.05, 0.1) is 6.10 Å². The quantitative estimate of drug-likeness (QED) is 0.423. The largest absolute Gasteiger partial charge is 0.439 e. The molecule has 0 rings (SSSR count). The molecule has 0 saturated carbocycles. The second-order valence-corrected chi connectivity index (χ2v) is 1.97. The van der Waals surface area contributed by atoms with Crippen molar-refractivity contribution in [1.82, 2.24) is 0 Å². The van der Waals surface area contributed by atoms with Gasteiger partial charge in [0.2, 0.25) is 0 Å². The van der Waals surface area contributed by atoms with Crippen LogP contribution in [-0.4, -0.2) is 18.9 Å². The standard InChI is InChI=1S/C6H12O3/c1-5(2)8-4-9-6(3)7/h5H,4H2,1-3H3. The zero-order valence-corrected chi connectivity index (χ0v) is 6.01. The lowest BCUT2D eigenvalue weighted by Crippen LogP contribution is -2.09. The first-order valence-electron chi connectivity index (χ1n) is 2.88. The average Bonchev–Trinajstić information content (AvgIpc) is 1.63. The van der Waals surface area contributed by atoms with Crippen molar-refractivity contribution in [2.24, 2.45) is 0 Å². The van der Waals surface area contributed by atoms with Gasteiger partial charge in [-0.3, -0.25) is 4.79 Å². The molecule has 0 unspecified atom stereocenters. The Balaban J connectivity index is 3.01. The summed E-state index contributed by atoms with van der Waals surface area (Å²) in [6.45, 7) is 5.17. The summed E-state index contributed by atoms with van der Waals surface area (Å²) in [5.41, 5.74) is 0. The van der Waals surface area contributed by atoms with Gasteiger partial charge in [0.1, 0.15) is 0 Å². The molecule has 0 spiro atoms. The first-order valence-corrected chi connectivity index (χ1v) is 2.88. The number of rotatable bonds is 3. The van der Waals surface area contributed by atoms with E-state index >= 15 is 0 Å². The van der Waals surface area contributed by atoms with Crippen molar-refractivity contribution in [2.45, 2.75) is 26.9 Å². The molecule has 0 aromatic carbocycles. The van der Waals surface area contributed by atoms with E-state index in [9.17, 15) is 4.79 Å². The minimum atomic E-state index is -0.310. The molecule has 0 aromatic heterocycles. The SMILES string of the molecule is CC(=O)OCOC(C)C. The summed E-state index contributed by atoms with van der Waals surface area (Å²) in [5.74, 6) is -0.310. The number of ether oxygens (including phenoxy) is 2. The Morgan fingerprint density at radius 3 is 2.44 bits per heavy atom. The third-order valence-corrected chi connectivity index (χ3v) is 0.664. The van der Waals surface area contributed by atoms with Gasteiger partial charge in [-0.2, -0.15) is 0 Å². The Labute approximate surface area is 55.0 Å². The summed E-state index contributed by atoms with van der Waals surface area (Å²) in [6.07, 6.45) is 0.115. The molecule has 0 aliphatic rings. The molecule has 0 saturated heterocycles. The summed E-state index contributed by atoms with van der Waals surface area (Å²) in [6, 6.07) is 0. The lowest BCUT2D eigenvalue weighted by molar-refractivity contribution is -0.156. The van der Waals surface area contributed by atoms with Gasteiger partial charge >= 0.3 is 5.97 Å². The van der Waals surface area contributed by atoms with Crippen molar-refractivity contribution in [3.05, 3.63) is 0 Å². The van der Waals surface area contributed by atoms with E-state index < -0.39 is 0 Å². The molecule has 0 N–H and O–H groups in total. The Hall–Kier alpha value is -0.570. The zero-order valence-electron chi connectivity index (χ0n) is 6.01. The predicted octanol–water partition coefficient (Wildman–Crippen LogP) is 0.932. The van der Waals surface area contributed by atoms with Crippen molar-refractivity contribution < 1.29 is 14.3 Å². The maximum atomic E-state index is 10.1. The van der Waals surface area contributed by atoms with E-state index in [-0.39, 0.29) is 18.9 Å². The minimum absolute atomic E-state index is 0.0625. The zero-order chi connectivity index (χ0) is 7.28. The van der Waals surface area contributed by atoms with Crippen LogP contribution >= 0.6 is 0 Å². The number of carbonyl (C=O) groups excluding carboxylic acids is 1. The van der Waals surface area contributed by atoms with Crippen LogP contribution in [0.25, 0.3) is 0 Å². The molecule has 9 heavy (non-hydrogen) atoms. The van der Waals surface area contributed by atoms with Gasteiger partial charge in [-0.25, -0.2) is 0 Å². The topological polar surface area (TPSA) is 35.5 Å². The molecule has 0 heterocycles. The van der Waals surface area contributed by atoms with Crippen LogP contribution in [0.15, 0.2) is 0 Å². The second kappa shape index (κ2) is 4.32. The van der Waals surface area contributed by atoms with Crippen LogP contribution in [0.4, 0.5) is 0 Å². The highest BCUT2D eigenvalue weighted by molar-refractivity contribution is 5.65. The Kier molecular flexibility index (Phi) is 4.05. The Morgan fingerprint density at radius 2 is 2.11 bits per heavy atom. The number of hydrogen-bond acceptors (Lipinski definition) is 3. The third kappa shape index (κ3) is 7.43. The highest BCUT2D eigenvalue weighted by Gasteiger charge is 1.93. The molecule has 0 atom stereocenters. The van der Waals surface area contributed by atoms with Crippen molar-refractivity contribution in [2.75, 3.05) is 6.79 Å². The fourth-order valence-corrected chi connectivity index (χ4v) is 0.253. The summed E-state index contributed by atoms with van der Waals surface area (Å²) in [4.78, 5) is 10.1. The van der Waals surface area contributed by atoms with Gasteiger partial charge in [0.25, 0.3) is 0 Å². The van der Waals surface area contributed by atoms with E-state index in [2.05, 4.69) is 4.74 Å². The first kappa shape index (κ1) is 8.43. The lowest BCUT2D eigenvalue weighted by Gasteiger charge is -2.05. The Morgan fingerprint density at radius 1 is 1.56 bits per heavy atom. The van der Waals surface area contributed by atoms with Gasteiger partial charge in [0.15, 0.2) is 6.79 Å². The Bertz CT molecular complexity index is 88.3. The van der Waals surface area contributed by atoms with E-state index in [1.807, 2.05) is 13.8 Å². The highest BCUT2D eigenvalue weighted by atomic mass is 16.7. The smallest absolute Gasteiger partial charge is 0.304 e. The minimum Gasteiger partial charge on any atom is -0.439 e. The van der Waals surface area contributed by atoms with Crippen molar-refractivity contribution in [3.8, 4) is 0 Å². The first-order chi connectivity index (χ1) is 4.13. The lowest BCUT2D eigenvalue weighted by atomic mass is 10.5. The monoisotopic (exact) mass is 132 g/mol. The summed E-state index contributed by atoms with van der Waals surface area (Å²) < 4.78 is 9.40. The van der Waals surface area contributed by atoms with E-state index in [1.165, 1.54) is 6.92 Å². The molecule has 0 bridgehead atoms. The number of esters is 1. The average molecular weight is 132 g/mol. The maximum absolute atomic E-state index is 10.1. The van der Waals surface area contributed by atoms with Crippen molar-refractivity contribution >= 4 is 5.97 Å². The third-order valence-electron chi connectivity index (χ3n) is 0.664. The van der Waals surface area contributed by atoms with E-state index in [1.54, 1.807) is 0 Å². The predicted molar refractivity (Wildman–Crippen MR) is 32.9 cm³/mol. The van der Waals surface area contributed by atoms with Crippen molar-refractivity contribution in [1.29, 1.82) is 0 Å². The molecule has 0 fully saturated rings. The van der Waals surface area contributed by atoms with Crippen LogP contribution in [0.5, 0.6) is 0 Å². The molecule has 54 valence electrons. The van der Waals surface area contributed by atoms with Gasteiger partial charge in [0, 0.05) is 6.92 Å².